The minimum atomic E-state index is -0.676. The molecule has 2 aliphatic rings. The Bertz CT molecular complexity index is 1140. The van der Waals surface area contributed by atoms with Crippen LogP contribution in [-0.2, 0) is 32.1 Å². The monoisotopic (exact) mass is 495 g/mol. The summed E-state index contributed by atoms with van der Waals surface area (Å²) in [5.74, 6) is -0.360. The smallest absolute Gasteiger partial charge is 0.429 e. The highest BCUT2D eigenvalue weighted by Gasteiger charge is 2.32. The normalized spacial score (nSPS) is 15.8. The number of hydrogen-bond donors (Lipinski definition) is 0. The molecule has 0 saturated carbocycles. The second kappa shape index (κ2) is 10.6. The first-order valence-electron chi connectivity index (χ1n) is 12.2. The van der Waals surface area contributed by atoms with Crippen LogP contribution in [0, 0.1) is 0 Å². The van der Waals surface area contributed by atoms with Crippen molar-refractivity contribution in [1.29, 1.82) is 0 Å². The molecule has 36 heavy (non-hydrogen) atoms. The number of nitrogens with zero attached hydrogens (tertiary/aromatic N) is 3. The van der Waals surface area contributed by atoms with Gasteiger partial charge in [0, 0.05) is 13.1 Å². The lowest BCUT2D eigenvalue weighted by molar-refractivity contribution is -0.137. The zero-order chi connectivity index (χ0) is 25.9. The van der Waals surface area contributed by atoms with Gasteiger partial charge in [0.1, 0.15) is 5.60 Å². The molecule has 9 nitrogen and oxygen atoms in total. The number of amides is 2. The molecule has 0 radical (unpaired) electrons. The van der Waals surface area contributed by atoms with Crippen LogP contribution < -0.4 is 4.90 Å². The Morgan fingerprint density at radius 3 is 2.50 bits per heavy atom. The summed E-state index contributed by atoms with van der Waals surface area (Å²) in [6.07, 6.45) is 0.0752. The molecule has 2 aliphatic heterocycles. The third-order valence-corrected chi connectivity index (χ3v) is 6.11. The third-order valence-electron chi connectivity index (χ3n) is 6.11. The lowest BCUT2D eigenvalue weighted by atomic mass is 9.92. The number of hydrogen-bond acceptors (Lipinski definition) is 7. The zero-order valence-corrected chi connectivity index (χ0v) is 21.3. The molecule has 0 spiro atoms. The highest BCUT2D eigenvalue weighted by molar-refractivity contribution is 5.97. The Hall–Kier alpha value is -3.59. The van der Waals surface area contributed by atoms with Crippen molar-refractivity contribution < 1.29 is 28.6 Å². The van der Waals surface area contributed by atoms with Crippen LogP contribution in [0.25, 0.3) is 11.1 Å². The second-order valence-corrected chi connectivity index (χ2v) is 9.74. The van der Waals surface area contributed by atoms with Crippen LogP contribution in [0.2, 0.25) is 0 Å². The molecule has 192 valence electrons. The molecule has 1 saturated heterocycles. The molecule has 0 unspecified atom stereocenters. The number of carbonyl (C=O) groups excluding carboxylic acids is 3. The quantitative estimate of drug-likeness (QED) is 0.458. The summed E-state index contributed by atoms with van der Waals surface area (Å²) >= 11 is 0. The summed E-state index contributed by atoms with van der Waals surface area (Å²) < 4.78 is 16.3. The van der Waals surface area contributed by atoms with E-state index in [4.69, 9.17) is 14.2 Å². The zero-order valence-electron chi connectivity index (χ0n) is 21.3. The fourth-order valence-corrected chi connectivity index (χ4v) is 4.46. The number of hydrazine groups is 1. The van der Waals surface area contributed by atoms with Gasteiger partial charge in [-0.1, -0.05) is 24.3 Å². The van der Waals surface area contributed by atoms with Crippen LogP contribution in [-0.4, -0.2) is 67.0 Å². The van der Waals surface area contributed by atoms with Gasteiger partial charge in [0.05, 0.1) is 44.2 Å². The number of anilines is 1. The highest BCUT2D eigenvalue weighted by Crippen LogP contribution is 2.35. The number of carbonyl (C=O) groups is 3. The standard InChI is InChI=1S/C27H33N3O6/c1-5-35-25(32)22-10-9-19(15-24(22)28-11-13-34-14-12-28)21-8-6-7-20-16-30(26(33)36-27(2,3)4)29(18-31)17-23(20)21/h6-10,15,18H,5,11-14,16-17H2,1-4H3. The van der Waals surface area contributed by atoms with Gasteiger partial charge in [-0.25, -0.2) is 19.6 Å². The largest absolute Gasteiger partial charge is 0.462 e. The Labute approximate surface area is 211 Å². The van der Waals surface area contributed by atoms with E-state index in [1.807, 2.05) is 30.3 Å². The van der Waals surface area contributed by atoms with E-state index in [1.165, 1.54) is 10.0 Å². The summed E-state index contributed by atoms with van der Waals surface area (Å²) in [7, 11) is 0. The van der Waals surface area contributed by atoms with E-state index >= 15 is 0 Å². The molecule has 2 aromatic carbocycles. The van der Waals surface area contributed by atoms with Crippen molar-refractivity contribution in [3.05, 3.63) is 53.1 Å². The molecule has 2 aromatic rings. The molecule has 4 rings (SSSR count). The lowest BCUT2D eigenvalue weighted by Gasteiger charge is -2.38. The number of esters is 1. The Morgan fingerprint density at radius 1 is 1.08 bits per heavy atom. The van der Waals surface area contributed by atoms with Crippen molar-refractivity contribution in [3.63, 3.8) is 0 Å². The van der Waals surface area contributed by atoms with Crippen molar-refractivity contribution in [3.8, 4) is 11.1 Å². The number of fused-ring (bicyclic) bond motifs is 1. The molecule has 2 amide bonds. The van der Waals surface area contributed by atoms with Crippen molar-refractivity contribution in [2.24, 2.45) is 0 Å². The topological polar surface area (TPSA) is 88.6 Å². The van der Waals surface area contributed by atoms with Crippen LogP contribution in [0.15, 0.2) is 36.4 Å². The molecule has 9 heteroatoms. The van der Waals surface area contributed by atoms with Gasteiger partial charge in [0.15, 0.2) is 0 Å². The number of morpholine rings is 1. The highest BCUT2D eigenvalue weighted by atomic mass is 16.6. The van der Waals surface area contributed by atoms with Gasteiger partial charge < -0.3 is 19.1 Å². The first-order chi connectivity index (χ1) is 17.2. The van der Waals surface area contributed by atoms with Crippen LogP contribution in [0.3, 0.4) is 0 Å². The molecular formula is C27H33N3O6. The van der Waals surface area contributed by atoms with Gasteiger partial charge in [-0.05, 0) is 62.1 Å². The minimum absolute atomic E-state index is 0.216. The third kappa shape index (κ3) is 5.46. The maximum Gasteiger partial charge on any atom is 0.429 e. The van der Waals surface area contributed by atoms with Gasteiger partial charge in [0.25, 0.3) is 0 Å². The van der Waals surface area contributed by atoms with E-state index in [2.05, 4.69) is 4.90 Å². The molecular weight excluding hydrogens is 462 g/mol. The van der Waals surface area contributed by atoms with Gasteiger partial charge in [-0.3, -0.25) is 4.79 Å². The Morgan fingerprint density at radius 2 is 1.83 bits per heavy atom. The average Bonchev–Trinajstić information content (AvgIpc) is 2.86. The van der Waals surface area contributed by atoms with Crippen LogP contribution in [0.5, 0.6) is 0 Å². The maximum atomic E-state index is 12.8. The van der Waals surface area contributed by atoms with Crippen molar-refractivity contribution in [2.45, 2.75) is 46.4 Å². The molecule has 0 aromatic heterocycles. The van der Waals surface area contributed by atoms with Crippen molar-refractivity contribution in [1.82, 2.24) is 10.0 Å². The molecule has 0 bridgehead atoms. The predicted octanol–water partition coefficient (Wildman–Crippen LogP) is 3.99. The number of ether oxygens (including phenoxy) is 3. The fraction of sp³-hybridized carbons (Fsp3) is 0.444. The SMILES string of the molecule is CCOC(=O)c1ccc(-c2cccc3c2CN(C=O)N(C(=O)OC(C)(C)C)C3)cc1N1CCOCC1. The van der Waals surface area contributed by atoms with Gasteiger partial charge in [0.2, 0.25) is 6.41 Å². The predicted molar refractivity (Wildman–Crippen MR) is 134 cm³/mol. The van der Waals surface area contributed by atoms with E-state index in [1.54, 1.807) is 33.8 Å². The fourth-order valence-electron chi connectivity index (χ4n) is 4.46. The Kier molecular flexibility index (Phi) is 7.49. The number of rotatable bonds is 5. The summed E-state index contributed by atoms with van der Waals surface area (Å²) in [6.45, 7) is 10.4. The van der Waals surface area contributed by atoms with Crippen LogP contribution >= 0.6 is 0 Å². The summed E-state index contributed by atoms with van der Waals surface area (Å²) in [5.41, 5.74) is 4.36. The van der Waals surface area contributed by atoms with Gasteiger partial charge in [-0.2, -0.15) is 0 Å². The molecule has 0 atom stereocenters. The average molecular weight is 496 g/mol. The van der Waals surface area contributed by atoms with Crippen molar-refractivity contribution in [2.75, 3.05) is 37.8 Å². The first kappa shape index (κ1) is 25.5. The van der Waals surface area contributed by atoms with E-state index in [0.717, 1.165) is 27.9 Å². The van der Waals surface area contributed by atoms with Gasteiger partial charge in [-0.15, -0.1) is 0 Å². The maximum absolute atomic E-state index is 12.8. The Balaban J connectivity index is 1.72. The van der Waals surface area contributed by atoms with E-state index in [0.29, 0.717) is 44.9 Å². The van der Waals surface area contributed by atoms with Crippen LogP contribution in [0.4, 0.5) is 10.5 Å². The summed E-state index contributed by atoms with van der Waals surface area (Å²) in [6, 6.07) is 11.6. The summed E-state index contributed by atoms with van der Waals surface area (Å²) in [5, 5.41) is 2.67. The van der Waals surface area contributed by atoms with E-state index in [-0.39, 0.29) is 19.1 Å². The molecule has 0 aliphatic carbocycles. The molecule has 2 heterocycles. The molecule has 0 N–H and O–H groups in total. The summed E-state index contributed by atoms with van der Waals surface area (Å²) in [4.78, 5) is 39.5. The molecule has 1 fully saturated rings. The van der Waals surface area contributed by atoms with E-state index in [9.17, 15) is 14.4 Å². The lowest BCUT2D eigenvalue weighted by Crippen LogP contribution is -2.49. The van der Waals surface area contributed by atoms with Gasteiger partial charge >= 0.3 is 12.1 Å². The van der Waals surface area contributed by atoms with Crippen molar-refractivity contribution >= 4 is 24.2 Å². The first-order valence-corrected chi connectivity index (χ1v) is 12.2. The second-order valence-electron chi connectivity index (χ2n) is 9.74. The van der Waals surface area contributed by atoms with E-state index < -0.39 is 11.7 Å². The number of benzene rings is 2. The minimum Gasteiger partial charge on any atom is -0.462 e. The van der Waals surface area contributed by atoms with Crippen LogP contribution in [0.1, 0.15) is 49.2 Å².